The van der Waals surface area contributed by atoms with Gasteiger partial charge in [0.25, 0.3) is 0 Å². The average molecular weight is 337 g/mol. The van der Waals surface area contributed by atoms with Crippen LogP contribution in [0.1, 0.15) is 16.7 Å². The molecule has 0 spiro atoms. The Labute approximate surface area is 145 Å². The molecule has 6 nitrogen and oxygen atoms in total. The molecule has 2 N–H and O–H groups in total. The number of nitrogens with one attached hydrogen (secondary N) is 1. The van der Waals surface area contributed by atoms with Crippen molar-refractivity contribution in [1.29, 1.82) is 0 Å². The highest BCUT2D eigenvalue weighted by atomic mass is 16.5. The fraction of sp³-hybridized carbons (Fsp3) is 0.211. The van der Waals surface area contributed by atoms with Crippen LogP contribution in [-0.4, -0.2) is 22.6 Å². The molecule has 0 unspecified atom stereocenters. The Morgan fingerprint density at radius 3 is 2.52 bits per heavy atom. The minimum atomic E-state index is -0.527. The van der Waals surface area contributed by atoms with Crippen molar-refractivity contribution in [3.63, 3.8) is 0 Å². The van der Waals surface area contributed by atoms with Gasteiger partial charge in [0.05, 0.1) is 5.52 Å². The summed E-state index contributed by atoms with van der Waals surface area (Å²) >= 11 is 0. The molecule has 0 aliphatic carbocycles. The number of aromatic hydroxyl groups is 1. The van der Waals surface area contributed by atoms with Crippen LogP contribution >= 0.6 is 0 Å². The number of ether oxygens (including phenoxy) is 1. The monoisotopic (exact) mass is 337 g/mol. The molecule has 0 saturated heterocycles. The Morgan fingerprint density at radius 2 is 1.80 bits per heavy atom. The van der Waals surface area contributed by atoms with Gasteiger partial charge >= 0.3 is 5.91 Å². The summed E-state index contributed by atoms with van der Waals surface area (Å²) in [6, 6.07) is 11.4. The number of H-pyrrole nitrogens is 1. The zero-order valence-electron chi connectivity index (χ0n) is 14.3. The Morgan fingerprint density at radius 1 is 1.08 bits per heavy atom. The highest BCUT2D eigenvalue weighted by Gasteiger charge is 2.11. The van der Waals surface area contributed by atoms with E-state index in [1.54, 1.807) is 0 Å². The fourth-order valence-corrected chi connectivity index (χ4v) is 2.67. The van der Waals surface area contributed by atoms with Gasteiger partial charge in [0.15, 0.2) is 12.3 Å². The largest absolute Gasteiger partial charge is 0.493 e. The SMILES string of the molecule is Cc1cc(C)cc(OCC(=O)N=Nc2c(O)[nH]c3ccc(C)cc23)c1. The van der Waals surface area contributed by atoms with Gasteiger partial charge in [-0.25, -0.2) is 0 Å². The van der Waals surface area contributed by atoms with Gasteiger partial charge < -0.3 is 14.8 Å². The lowest BCUT2D eigenvalue weighted by molar-refractivity contribution is -0.120. The maximum absolute atomic E-state index is 11.9. The standard InChI is InChI=1S/C19H19N3O3/c1-11-4-5-16-15(9-11)18(19(24)20-16)22-21-17(23)10-25-14-7-12(2)6-13(3)8-14/h4-9,20,24H,10H2,1-3H3. The molecular weight excluding hydrogens is 318 g/mol. The first kappa shape index (κ1) is 16.7. The summed E-state index contributed by atoms with van der Waals surface area (Å²) in [5, 5.41) is 18.2. The number of benzene rings is 2. The Hall–Kier alpha value is -3.15. The number of aromatic nitrogens is 1. The number of fused-ring (bicyclic) bond motifs is 1. The Kier molecular flexibility index (Phi) is 4.52. The topological polar surface area (TPSA) is 87.0 Å². The Bertz CT molecular complexity index is 953. The third-order valence-corrected chi connectivity index (χ3v) is 3.73. The maximum Gasteiger partial charge on any atom is 0.302 e. The van der Waals surface area contributed by atoms with Gasteiger partial charge in [-0.3, -0.25) is 4.79 Å². The second-order valence-electron chi connectivity index (χ2n) is 6.08. The van der Waals surface area contributed by atoms with Crippen LogP contribution in [0.2, 0.25) is 0 Å². The normalized spacial score (nSPS) is 11.3. The second kappa shape index (κ2) is 6.76. The van der Waals surface area contributed by atoms with E-state index in [4.69, 9.17) is 4.74 Å². The lowest BCUT2D eigenvalue weighted by Gasteiger charge is -2.05. The van der Waals surface area contributed by atoms with E-state index < -0.39 is 5.91 Å². The molecule has 0 aliphatic rings. The Balaban J connectivity index is 1.72. The maximum atomic E-state index is 11.9. The molecule has 6 heteroatoms. The van der Waals surface area contributed by atoms with Crippen LogP contribution in [0.5, 0.6) is 11.6 Å². The first-order valence-corrected chi connectivity index (χ1v) is 7.89. The quantitative estimate of drug-likeness (QED) is 0.688. The molecule has 0 atom stereocenters. The first-order valence-electron chi connectivity index (χ1n) is 7.89. The zero-order chi connectivity index (χ0) is 18.0. The van der Waals surface area contributed by atoms with Crippen LogP contribution in [0.15, 0.2) is 46.6 Å². The van der Waals surface area contributed by atoms with Crippen molar-refractivity contribution < 1.29 is 14.6 Å². The third-order valence-electron chi connectivity index (χ3n) is 3.73. The second-order valence-corrected chi connectivity index (χ2v) is 6.08. The summed E-state index contributed by atoms with van der Waals surface area (Å²) in [5.41, 5.74) is 4.12. The van der Waals surface area contributed by atoms with Crippen molar-refractivity contribution in [2.45, 2.75) is 20.8 Å². The predicted octanol–water partition coefficient (Wildman–Crippen LogP) is 4.49. The van der Waals surface area contributed by atoms with Gasteiger partial charge in [-0.15, -0.1) is 10.2 Å². The summed E-state index contributed by atoms with van der Waals surface area (Å²) in [5.74, 6) is -0.0282. The predicted molar refractivity (Wildman–Crippen MR) is 95.6 cm³/mol. The molecule has 1 amide bonds. The number of amides is 1. The molecule has 3 aromatic rings. The van der Waals surface area contributed by atoms with Crippen molar-refractivity contribution in [3.8, 4) is 11.6 Å². The van der Waals surface area contributed by atoms with Gasteiger partial charge in [0, 0.05) is 5.39 Å². The first-order chi connectivity index (χ1) is 11.9. The minimum absolute atomic E-state index is 0.118. The smallest absolute Gasteiger partial charge is 0.302 e. The van der Waals surface area contributed by atoms with E-state index in [9.17, 15) is 9.90 Å². The molecule has 0 fully saturated rings. The lowest BCUT2D eigenvalue weighted by Crippen LogP contribution is -2.08. The summed E-state index contributed by atoms with van der Waals surface area (Å²) in [6.45, 7) is 5.65. The van der Waals surface area contributed by atoms with Crippen LogP contribution in [0.3, 0.4) is 0 Å². The highest BCUT2D eigenvalue weighted by molar-refractivity contribution is 5.94. The molecule has 0 radical (unpaired) electrons. The van der Waals surface area contributed by atoms with Crippen molar-refractivity contribution in [2.75, 3.05) is 6.61 Å². The van der Waals surface area contributed by atoms with Crippen molar-refractivity contribution >= 4 is 22.5 Å². The molecule has 3 rings (SSSR count). The third kappa shape index (κ3) is 3.85. The van der Waals surface area contributed by atoms with E-state index in [2.05, 4.69) is 15.2 Å². The number of rotatable bonds is 4. The molecular formula is C19H19N3O3. The average Bonchev–Trinajstić information content (AvgIpc) is 2.85. The summed E-state index contributed by atoms with van der Waals surface area (Å²) < 4.78 is 5.46. The van der Waals surface area contributed by atoms with Gasteiger partial charge in [0.2, 0.25) is 5.88 Å². The molecule has 0 saturated carbocycles. The number of hydrogen-bond donors (Lipinski definition) is 2. The number of hydrogen-bond acceptors (Lipinski definition) is 4. The molecule has 128 valence electrons. The minimum Gasteiger partial charge on any atom is -0.493 e. The van der Waals surface area contributed by atoms with E-state index in [1.807, 2.05) is 57.2 Å². The number of carbonyl (C=O) groups is 1. The molecule has 1 heterocycles. The molecule has 1 aromatic heterocycles. The van der Waals surface area contributed by atoms with Gasteiger partial charge in [-0.1, -0.05) is 17.7 Å². The van der Waals surface area contributed by atoms with E-state index >= 15 is 0 Å². The summed E-state index contributed by atoms with van der Waals surface area (Å²) in [6.07, 6.45) is 0. The summed E-state index contributed by atoms with van der Waals surface area (Å²) in [4.78, 5) is 14.7. The lowest BCUT2D eigenvalue weighted by atomic mass is 10.1. The van der Waals surface area contributed by atoms with Crippen LogP contribution < -0.4 is 4.74 Å². The van der Waals surface area contributed by atoms with E-state index in [0.717, 1.165) is 22.2 Å². The van der Waals surface area contributed by atoms with Crippen LogP contribution in [0.25, 0.3) is 10.9 Å². The zero-order valence-corrected chi connectivity index (χ0v) is 14.3. The number of nitrogens with zero attached hydrogens (tertiary/aromatic N) is 2. The number of aromatic amines is 1. The number of azo groups is 1. The number of aryl methyl sites for hydroxylation is 3. The molecule has 0 aliphatic heterocycles. The van der Waals surface area contributed by atoms with Gasteiger partial charge in [-0.2, -0.15) is 0 Å². The van der Waals surface area contributed by atoms with E-state index in [1.165, 1.54) is 0 Å². The van der Waals surface area contributed by atoms with Crippen LogP contribution in [-0.2, 0) is 4.79 Å². The van der Waals surface area contributed by atoms with Crippen molar-refractivity contribution in [1.82, 2.24) is 4.98 Å². The van der Waals surface area contributed by atoms with Crippen LogP contribution in [0, 0.1) is 20.8 Å². The molecule has 25 heavy (non-hydrogen) atoms. The highest BCUT2D eigenvalue weighted by Crippen LogP contribution is 2.35. The van der Waals surface area contributed by atoms with Gasteiger partial charge in [0.1, 0.15) is 5.75 Å². The van der Waals surface area contributed by atoms with Gasteiger partial charge in [-0.05, 0) is 56.2 Å². The van der Waals surface area contributed by atoms with Crippen molar-refractivity contribution in [2.24, 2.45) is 10.2 Å². The van der Waals surface area contributed by atoms with Crippen LogP contribution in [0.4, 0.5) is 5.69 Å². The number of carbonyl (C=O) groups excluding carboxylic acids is 1. The summed E-state index contributed by atoms with van der Waals surface area (Å²) in [7, 11) is 0. The molecule has 2 aromatic carbocycles. The molecule has 0 bridgehead atoms. The van der Waals surface area contributed by atoms with E-state index in [-0.39, 0.29) is 18.2 Å². The fourth-order valence-electron chi connectivity index (χ4n) is 2.67. The van der Waals surface area contributed by atoms with E-state index in [0.29, 0.717) is 11.1 Å². The van der Waals surface area contributed by atoms with Crippen molar-refractivity contribution in [3.05, 3.63) is 53.1 Å².